The van der Waals surface area contributed by atoms with Gasteiger partial charge in [0.1, 0.15) is 0 Å². The van der Waals surface area contributed by atoms with Gasteiger partial charge in [-0.2, -0.15) is 0 Å². The summed E-state index contributed by atoms with van der Waals surface area (Å²) >= 11 is 0. The SMILES string of the molecule is CC(C)N1CCN(C)CC1c1nnc2ccc(C(=O)NCCc3ccncc3)cn12. The zero-order chi connectivity index (χ0) is 21.1. The van der Waals surface area contributed by atoms with E-state index in [0.717, 1.165) is 43.1 Å². The van der Waals surface area contributed by atoms with Crippen molar-refractivity contribution in [3.63, 3.8) is 0 Å². The zero-order valence-corrected chi connectivity index (χ0v) is 17.8. The Bertz CT molecular complexity index is 1000. The Morgan fingerprint density at radius 2 is 1.97 bits per heavy atom. The van der Waals surface area contributed by atoms with Crippen molar-refractivity contribution < 1.29 is 4.79 Å². The lowest BCUT2D eigenvalue weighted by Crippen LogP contribution is -2.50. The van der Waals surface area contributed by atoms with Crippen LogP contribution in [0.5, 0.6) is 0 Å². The van der Waals surface area contributed by atoms with Crippen molar-refractivity contribution in [1.82, 2.24) is 34.7 Å². The Hall–Kier alpha value is -2.84. The van der Waals surface area contributed by atoms with Crippen LogP contribution < -0.4 is 5.32 Å². The normalized spacial score (nSPS) is 18.2. The van der Waals surface area contributed by atoms with Gasteiger partial charge in [0.2, 0.25) is 0 Å². The molecule has 1 N–H and O–H groups in total. The molecule has 1 fully saturated rings. The number of carbonyl (C=O) groups excluding carboxylic acids is 1. The van der Waals surface area contributed by atoms with E-state index in [1.165, 1.54) is 0 Å². The van der Waals surface area contributed by atoms with E-state index in [0.29, 0.717) is 18.2 Å². The molecule has 1 atom stereocenters. The van der Waals surface area contributed by atoms with Gasteiger partial charge in [-0.15, -0.1) is 10.2 Å². The minimum Gasteiger partial charge on any atom is -0.352 e. The number of hydrogen-bond donors (Lipinski definition) is 1. The number of fused-ring (bicyclic) bond motifs is 1. The van der Waals surface area contributed by atoms with E-state index in [1.54, 1.807) is 12.4 Å². The van der Waals surface area contributed by atoms with E-state index >= 15 is 0 Å². The van der Waals surface area contributed by atoms with E-state index in [2.05, 4.69) is 51.2 Å². The molecule has 0 radical (unpaired) electrons. The number of likely N-dealkylation sites (N-methyl/N-ethyl adjacent to an activating group) is 1. The molecule has 3 aromatic heterocycles. The highest BCUT2D eigenvalue weighted by molar-refractivity contribution is 5.94. The van der Waals surface area contributed by atoms with Crippen LogP contribution in [0.1, 0.15) is 41.6 Å². The van der Waals surface area contributed by atoms with Gasteiger partial charge in [0.15, 0.2) is 11.5 Å². The predicted octanol–water partition coefficient (Wildman–Crippen LogP) is 1.79. The number of pyridine rings is 2. The second-order valence-electron chi connectivity index (χ2n) is 8.18. The van der Waals surface area contributed by atoms with E-state index in [4.69, 9.17) is 0 Å². The van der Waals surface area contributed by atoms with Crippen molar-refractivity contribution in [3.05, 3.63) is 59.8 Å². The van der Waals surface area contributed by atoms with Crippen LogP contribution in [0.25, 0.3) is 5.65 Å². The quantitative estimate of drug-likeness (QED) is 0.671. The predicted molar refractivity (Wildman–Crippen MR) is 115 cm³/mol. The summed E-state index contributed by atoms with van der Waals surface area (Å²) < 4.78 is 1.97. The van der Waals surface area contributed by atoms with Gasteiger partial charge in [0.25, 0.3) is 5.91 Å². The maximum absolute atomic E-state index is 12.7. The summed E-state index contributed by atoms with van der Waals surface area (Å²) in [6.07, 6.45) is 6.16. The summed E-state index contributed by atoms with van der Waals surface area (Å²) in [6.45, 7) is 7.91. The molecule has 30 heavy (non-hydrogen) atoms. The third-order valence-electron chi connectivity index (χ3n) is 5.73. The Morgan fingerprint density at radius 1 is 1.17 bits per heavy atom. The zero-order valence-electron chi connectivity index (χ0n) is 17.8. The van der Waals surface area contributed by atoms with Crippen LogP contribution in [0.2, 0.25) is 0 Å². The smallest absolute Gasteiger partial charge is 0.252 e. The lowest BCUT2D eigenvalue weighted by atomic mass is 10.1. The maximum atomic E-state index is 12.7. The first kappa shape index (κ1) is 20.4. The molecule has 1 aliphatic rings. The summed E-state index contributed by atoms with van der Waals surface area (Å²) in [5, 5.41) is 11.8. The number of nitrogens with zero attached hydrogens (tertiary/aromatic N) is 6. The fourth-order valence-corrected chi connectivity index (χ4v) is 4.02. The summed E-state index contributed by atoms with van der Waals surface area (Å²) in [7, 11) is 2.13. The molecule has 0 aliphatic carbocycles. The highest BCUT2D eigenvalue weighted by Gasteiger charge is 2.31. The monoisotopic (exact) mass is 407 g/mol. The van der Waals surface area contributed by atoms with Crippen LogP contribution in [0.4, 0.5) is 0 Å². The summed E-state index contributed by atoms with van der Waals surface area (Å²) in [4.78, 5) is 21.5. The summed E-state index contributed by atoms with van der Waals surface area (Å²) in [5.41, 5.74) is 2.52. The van der Waals surface area contributed by atoms with Gasteiger partial charge < -0.3 is 10.2 Å². The Morgan fingerprint density at radius 3 is 2.73 bits per heavy atom. The molecule has 0 aromatic carbocycles. The summed E-state index contributed by atoms with van der Waals surface area (Å²) in [5.74, 6) is 0.795. The second-order valence-corrected chi connectivity index (χ2v) is 8.18. The third-order valence-corrected chi connectivity index (χ3v) is 5.73. The number of amides is 1. The molecule has 1 unspecified atom stereocenters. The van der Waals surface area contributed by atoms with Crippen molar-refractivity contribution in [2.24, 2.45) is 0 Å². The molecular weight excluding hydrogens is 378 g/mol. The van der Waals surface area contributed by atoms with Crippen LogP contribution in [-0.4, -0.2) is 74.6 Å². The number of rotatable bonds is 6. The largest absolute Gasteiger partial charge is 0.352 e. The lowest BCUT2D eigenvalue weighted by molar-refractivity contribution is 0.0586. The van der Waals surface area contributed by atoms with Gasteiger partial charge >= 0.3 is 0 Å². The molecule has 0 bridgehead atoms. The second kappa shape index (κ2) is 8.89. The fraction of sp³-hybridized carbons (Fsp3) is 0.455. The average Bonchev–Trinajstić information content (AvgIpc) is 3.17. The summed E-state index contributed by atoms with van der Waals surface area (Å²) in [6, 6.07) is 8.15. The number of nitrogens with one attached hydrogen (secondary N) is 1. The fourth-order valence-electron chi connectivity index (χ4n) is 4.02. The highest BCUT2D eigenvalue weighted by atomic mass is 16.1. The number of hydrogen-bond acceptors (Lipinski definition) is 6. The lowest BCUT2D eigenvalue weighted by Gasteiger charge is -2.41. The van der Waals surface area contributed by atoms with Gasteiger partial charge in [-0.3, -0.25) is 19.1 Å². The van der Waals surface area contributed by atoms with E-state index in [9.17, 15) is 4.79 Å². The van der Waals surface area contributed by atoms with E-state index in [-0.39, 0.29) is 11.9 Å². The van der Waals surface area contributed by atoms with Crippen LogP contribution in [-0.2, 0) is 6.42 Å². The highest BCUT2D eigenvalue weighted by Crippen LogP contribution is 2.26. The van der Waals surface area contributed by atoms with Crippen LogP contribution in [0.15, 0.2) is 42.9 Å². The molecule has 1 amide bonds. The minimum atomic E-state index is -0.0907. The Labute approximate surface area is 176 Å². The Kier molecular flexibility index (Phi) is 6.06. The van der Waals surface area contributed by atoms with Gasteiger partial charge in [-0.05, 0) is 57.1 Å². The van der Waals surface area contributed by atoms with Gasteiger partial charge in [-0.25, -0.2) is 0 Å². The first-order valence-corrected chi connectivity index (χ1v) is 10.5. The molecule has 1 aliphatic heterocycles. The molecule has 8 nitrogen and oxygen atoms in total. The van der Waals surface area contributed by atoms with Crippen molar-refractivity contribution >= 4 is 11.6 Å². The molecule has 3 aromatic rings. The molecule has 0 saturated carbocycles. The number of piperazine rings is 1. The van der Waals surface area contributed by atoms with Crippen molar-refractivity contribution in [2.75, 3.05) is 33.2 Å². The first-order chi connectivity index (χ1) is 14.5. The standard InChI is InChI=1S/C22H29N7O/c1-16(2)28-13-12-27(3)15-19(28)21-26-25-20-5-4-18(14-29(20)21)22(30)24-11-8-17-6-9-23-10-7-17/h4-7,9-10,14,16,19H,8,11-13,15H2,1-3H3,(H,24,30). The van der Waals surface area contributed by atoms with Gasteiger partial charge in [-0.1, -0.05) is 0 Å². The maximum Gasteiger partial charge on any atom is 0.252 e. The third kappa shape index (κ3) is 4.34. The van der Waals surface area contributed by atoms with Crippen LogP contribution in [0.3, 0.4) is 0 Å². The molecule has 0 spiro atoms. The van der Waals surface area contributed by atoms with Crippen LogP contribution in [0, 0.1) is 0 Å². The van der Waals surface area contributed by atoms with E-state index in [1.807, 2.05) is 34.9 Å². The van der Waals surface area contributed by atoms with E-state index < -0.39 is 0 Å². The minimum absolute atomic E-state index is 0.0907. The molecular formula is C22H29N7O. The van der Waals surface area contributed by atoms with Crippen molar-refractivity contribution in [1.29, 1.82) is 0 Å². The van der Waals surface area contributed by atoms with Gasteiger partial charge in [0, 0.05) is 50.8 Å². The average molecular weight is 408 g/mol. The van der Waals surface area contributed by atoms with Gasteiger partial charge in [0.05, 0.1) is 11.6 Å². The van der Waals surface area contributed by atoms with Crippen LogP contribution >= 0.6 is 0 Å². The molecule has 4 heterocycles. The molecule has 4 rings (SSSR count). The topological polar surface area (TPSA) is 78.7 Å². The molecule has 158 valence electrons. The molecule has 1 saturated heterocycles. The van der Waals surface area contributed by atoms with Crippen molar-refractivity contribution in [3.8, 4) is 0 Å². The number of carbonyl (C=O) groups is 1. The molecule has 8 heteroatoms. The number of aromatic nitrogens is 4. The first-order valence-electron chi connectivity index (χ1n) is 10.5. The van der Waals surface area contributed by atoms with Crippen molar-refractivity contribution in [2.45, 2.75) is 32.4 Å². The Balaban J connectivity index is 1.52.